The molecule has 2 nitrogen and oxygen atoms in total. The molecule has 2 fully saturated rings. The molecule has 2 aliphatic carbocycles. The number of hydrogen-bond acceptors (Lipinski definition) is 2. The molecule has 3 unspecified atom stereocenters. The fraction of sp³-hybridized carbons (Fsp3) is 1.00. The molecule has 3 N–H and O–H groups in total. The SMILES string of the molecule is CCC(NN)C1C2CCCCC21. The molecular formula is C10H20N2. The Kier molecular flexibility index (Phi) is 2.37. The van der Waals surface area contributed by atoms with Gasteiger partial charge in [-0.3, -0.25) is 11.3 Å². The molecule has 0 aliphatic heterocycles. The van der Waals surface area contributed by atoms with Gasteiger partial charge in [0.05, 0.1) is 0 Å². The monoisotopic (exact) mass is 168 g/mol. The van der Waals surface area contributed by atoms with Crippen LogP contribution in [0.3, 0.4) is 0 Å². The van der Waals surface area contributed by atoms with Gasteiger partial charge in [0, 0.05) is 6.04 Å². The highest BCUT2D eigenvalue weighted by molar-refractivity contribution is 5.03. The molecule has 0 saturated heterocycles. The molecule has 0 heterocycles. The normalized spacial score (nSPS) is 42.0. The van der Waals surface area contributed by atoms with Gasteiger partial charge in [0.1, 0.15) is 0 Å². The summed E-state index contributed by atoms with van der Waals surface area (Å²) in [6.45, 7) is 2.23. The molecule has 0 aromatic rings. The molecule has 12 heavy (non-hydrogen) atoms. The van der Waals surface area contributed by atoms with Gasteiger partial charge in [-0.05, 0) is 37.0 Å². The third-order valence-corrected chi connectivity index (χ3v) is 3.84. The molecular weight excluding hydrogens is 148 g/mol. The van der Waals surface area contributed by atoms with Crippen LogP contribution in [-0.2, 0) is 0 Å². The molecule has 0 spiro atoms. The Bertz CT molecular complexity index is 142. The van der Waals surface area contributed by atoms with E-state index < -0.39 is 0 Å². The van der Waals surface area contributed by atoms with E-state index >= 15 is 0 Å². The number of rotatable bonds is 3. The van der Waals surface area contributed by atoms with E-state index in [2.05, 4.69) is 12.3 Å². The van der Waals surface area contributed by atoms with Gasteiger partial charge in [-0.2, -0.15) is 0 Å². The first-order valence-electron chi connectivity index (χ1n) is 5.34. The van der Waals surface area contributed by atoms with Crippen molar-refractivity contribution in [3.63, 3.8) is 0 Å². The van der Waals surface area contributed by atoms with Crippen molar-refractivity contribution in [2.75, 3.05) is 0 Å². The zero-order chi connectivity index (χ0) is 8.55. The van der Waals surface area contributed by atoms with Gasteiger partial charge in [0.25, 0.3) is 0 Å². The second-order valence-corrected chi connectivity index (χ2v) is 4.37. The van der Waals surface area contributed by atoms with Crippen LogP contribution in [0.4, 0.5) is 0 Å². The molecule has 0 radical (unpaired) electrons. The standard InChI is InChI=1S/C10H20N2/c1-2-9(12-11)10-7-5-3-4-6-8(7)10/h7-10,12H,2-6,11H2,1H3. The lowest BCUT2D eigenvalue weighted by molar-refractivity contribution is 0.428. The highest BCUT2D eigenvalue weighted by Crippen LogP contribution is 2.57. The summed E-state index contributed by atoms with van der Waals surface area (Å²) in [6.07, 6.45) is 7.03. The Morgan fingerprint density at radius 3 is 2.33 bits per heavy atom. The minimum absolute atomic E-state index is 0.595. The molecule has 70 valence electrons. The molecule has 0 bridgehead atoms. The van der Waals surface area contributed by atoms with E-state index in [0.29, 0.717) is 6.04 Å². The summed E-state index contributed by atoms with van der Waals surface area (Å²) < 4.78 is 0. The van der Waals surface area contributed by atoms with Gasteiger partial charge in [0.2, 0.25) is 0 Å². The Morgan fingerprint density at radius 1 is 1.33 bits per heavy atom. The van der Waals surface area contributed by atoms with Crippen LogP contribution in [0.25, 0.3) is 0 Å². The van der Waals surface area contributed by atoms with E-state index in [9.17, 15) is 0 Å². The van der Waals surface area contributed by atoms with E-state index in [1.165, 1.54) is 32.1 Å². The van der Waals surface area contributed by atoms with Crippen LogP contribution in [0, 0.1) is 17.8 Å². The zero-order valence-corrected chi connectivity index (χ0v) is 7.92. The quantitative estimate of drug-likeness (QED) is 0.497. The number of hydrogen-bond donors (Lipinski definition) is 2. The van der Waals surface area contributed by atoms with Gasteiger partial charge in [0.15, 0.2) is 0 Å². The van der Waals surface area contributed by atoms with Crippen molar-refractivity contribution in [1.82, 2.24) is 5.43 Å². The third kappa shape index (κ3) is 1.27. The maximum absolute atomic E-state index is 5.53. The molecule has 0 amide bonds. The van der Waals surface area contributed by atoms with Gasteiger partial charge in [-0.1, -0.05) is 19.8 Å². The third-order valence-electron chi connectivity index (χ3n) is 3.84. The first-order valence-corrected chi connectivity index (χ1v) is 5.34. The largest absolute Gasteiger partial charge is 0.271 e. The van der Waals surface area contributed by atoms with Crippen molar-refractivity contribution in [1.29, 1.82) is 0 Å². The Hall–Kier alpha value is -0.0800. The minimum atomic E-state index is 0.595. The lowest BCUT2D eigenvalue weighted by atomic mass is 10.0. The smallest absolute Gasteiger partial charge is 0.0241 e. The summed E-state index contributed by atoms with van der Waals surface area (Å²) in [5.74, 6) is 8.50. The summed E-state index contributed by atoms with van der Waals surface area (Å²) in [7, 11) is 0. The summed E-state index contributed by atoms with van der Waals surface area (Å²) in [5, 5.41) is 0. The van der Waals surface area contributed by atoms with Crippen LogP contribution in [-0.4, -0.2) is 6.04 Å². The fourth-order valence-electron chi connectivity index (χ4n) is 3.15. The Morgan fingerprint density at radius 2 is 1.92 bits per heavy atom. The lowest BCUT2D eigenvalue weighted by Crippen LogP contribution is -2.37. The van der Waals surface area contributed by atoms with Crippen LogP contribution in [0.1, 0.15) is 39.0 Å². The van der Waals surface area contributed by atoms with Crippen molar-refractivity contribution < 1.29 is 0 Å². The molecule has 0 aromatic heterocycles. The molecule has 2 heteroatoms. The van der Waals surface area contributed by atoms with Gasteiger partial charge in [-0.25, -0.2) is 0 Å². The minimum Gasteiger partial charge on any atom is -0.271 e. The highest BCUT2D eigenvalue weighted by atomic mass is 15.2. The second-order valence-electron chi connectivity index (χ2n) is 4.37. The van der Waals surface area contributed by atoms with E-state index in [4.69, 9.17) is 5.84 Å². The number of nitrogens with two attached hydrogens (primary N) is 1. The Labute approximate surface area is 74.9 Å². The maximum Gasteiger partial charge on any atom is 0.0241 e. The lowest BCUT2D eigenvalue weighted by Gasteiger charge is -2.12. The van der Waals surface area contributed by atoms with Crippen LogP contribution >= 0.6 is 0 Å². The van der Waals surface area contributed by atoms with Crippen LogP contribution < -0.4 is 11.3 Å². The molecule has 2 rings (SSSR count). The molecule has 2 aliphatic rings. The van der Waals surface area contributed by atoms with Crippen molar-refractivity contribution in [2.24, 2.45) is 23.6 Å². The highest BCUT2D eigenvalue weighted by Gasteiger charge is 2.53. The summed E-state index contributed by atoms with van der Waals surface area (Å²) >= 11 is 0. The number of fused-ring (bicyclic) bond motifs is 1. The fourth-order valence-corrected chi connectivity index (χ4v) is 3.15. The topological polar surface area (TPSA) is 38.0 Å². The average Bonchev–Trinajstić information content (AvgIpc) is 2.83. The van der Waals surface area contributed by atoms with Gasteiger partial charge >= 0.3 is 0 Å². The first-order chi connectivity index (χ1) is 5.88. The molecule has 3 atom stereocenters. The van der Waals surface area contributed by atoms with Crippen LogP contribution in [0.2, 0.25) is 0 Å². The van der Waals surface area contributed by atoms with Gasteiger partial charge < -0.3 is 0 Å². The average molecular weight is 168 g/mol. The van der Waals surface area contributed by atoms with Crippen molar-refractivity contribution in [3.8, 4) is 0 Å². The van der Waals surface area contributed by atoms with E-state index in [1.54, 1.807) is 0 Å². The predicted octanol–water partition coefficient (Wildman–Crippen LogP) is 1.66. The number of hydrazine groups is 1. The second kappa shape index (κ2) is 3.35. The van der Waals surface area contributed by atoms with Crippen LogP contribution in [0.5, 0.6) is 0 Å². The molecule has 0 aromatic carbocycles. The Balaban J connectivity index is 1.90. The maximum atomic E-state index is 5.53. The predicted molar refractivity (Wildman–Crippen MR) is 50.3 cm³/mol. The van der Waals surface area contributed by atoms with Gasteiger partial charge in [-0.15, -0.1) is 0 Å². The first kappa shape index (κ1) is 8.52. The van der Waals surface area contributed by atoms with Crippen molar-refractivity contribution in [2.45, 2.75) is 45.1 Å². The zero-order valence-electron chi connectivity index (χ0n) is 7.92. The summed E-state index contributed by atoms with van der Waals surface area (Å²) in [6, 6.07) is 0.595. The van der Waals surface area contributed by atoms with E-state index in [1.807, 2.05) is 0 Å². The van der Waals surface area contributed by atoms with E-state index in [-0.39, 0.29) is 0 Å². The van der Waals surface area contributed by atoms with Crippen molar-refractivity contribution >= 4 is 0 Å². The number of nitrogens with one attached hydrogen (secondary N) is 1. The summed E-state index contributed by atoms with van der Waals surface area (Å²) in [5.41, 5.74) is 2.97. The summed E-state index contributed by atoms with van der Waals surface area (Å²) in [4.78, 5) is 0. The van der Waals surface area contributed by atoms with Crippen molar-refractivity contribution in [3.05, 3.63) is 0 Å². The van der Waals surface area contributed by atoms with E-state index in [0.717, 1.165) is 17.8 Å². The van der Waals surface area contributed by atoms with Crippen LogP contribution in [0.15, 0.2) is 0 Å². The molecule has 2 saturated carbocycles.